The molecule has 142 valence electrons. The van der Waals surface area contributed by atoms with Gasteiger partial charge in [-0.2, -0.15) is 0 Å². The maximum absolute atomic E-state index is 12.9. The van der Waals surface area contributed by atoms with E-state index in [2.05, 4.69) is 4.98 Å². The van der Waals surface area contributed by atoms with Crippen LogP contribution in [-0.4, -0.2) is 58.9 Å². The van der Waals surface area contributed by atoms with E-state index in [4.69, 9.17) is 4.74 Å². The average Bonchev–Trinajstić information content (AvgIpc) is 3.08. The van der Waals surface area contributed by atoms with Crippen molar-refractivity contribution in [2.75, 3.05) is 26.2 Å². The molecule has 2 saturated heterocycles. The number of hydrogen-bond acceptors (Lipinski definition) is 4. The molecule has 0 saturated carbocycles. The maximum atomic E-state index is 12.9. The molecule has 6 heteroatoms. The summed E-state index contributed by atoms with van der Waals surface area (Å²) in [7, 11) is 0. The van der Waals surface area contributed by atoms with Crippen molar-refractivity contribution < 1.29 is 14.3 Å². The maximum Gasteiger partial charge on any atom is 0.224 e. The molecule has 0 N–H and O–H groups in total. The van der Waals surface area contributed by atoms with Gasteiger partial charge in [-0.15, -0.1) is 0 Å². The highest BCUT2D eigenvalue weighted by atomic mass is 16.5. The number of carbonyl (C=O) groups is 2. The predicted molar refractivity (Wildman–Crippen MR) is 98.3 cm³/mol. The van der Waals surface area contributed by atoms with Crippen LogP contribution in [0.15, 0.2) is 24.5 Å². The summed E-state index contributed by atoms with van der Waals surface area (Å²) < 4.78 is 5.73. The number of likely N-dealkylation sites (tertiary alicyclic amines) is 1. The normalized spacial score (nSPS) is 20.8. The van der Waals surface area contributed by atoms with E-state index in [9.17, 15) is 9.59 Å². The first-order valence-electron chi connectivity index (χ1n) is 9.78. The third-order valence-electron chi connectivity index (χ3n) is 5.19. The zero-order valence-corrected chi connectivity index (χ0v) is 15.4. The van der Waals surface area contributed by atoms with E-state index in [-0.39, 0.29) is 17.9 Å². The van der Waals surface area contributed by atoms with Crippen LogP contribution in [0.1, 0.15) is 50.5 Å². The molecule has 2 aliphatic heterocycles. The van der Waals surface area contributed by atoms with Crippen LogP contribution in [0.25, 0.3) is 0 Å². The van der Waals surface area contributed by atoms with Crippen LogP contribution in [0, 0.1) is 0 Å². The number of pyridine rings is 1. The molecule has 0 aromatic carbocycles. The zero-order chi connectivity index (χ0) is 18.2. The second-order valence-electron chi connectivity index (χ2n) is 7.21. The summed E-state index contributed by atoms with van der Waals surface area (Å²) in [6, 6.07) is 3.88. The number of carbonyl (C=O) groups excluding carboxylic acids is 2. The molecule has 6 nitrogen and oxygen atoms in total. The van der Waals surface area contributed by atoms with E-state index in [0.29, 0.717) is 32.5 Å². The number of aromatic nitrogens is 1. The van der Waals surface area contributed by atoms with Crippen LogP contribution in [0.2, 0.25) is 0 Å². The van der Waals surface area contributed by atoms with Crippen LogP contribution in [0.4, 0.5) is 0 Å². The monoisotopic (exact) mass is 359 g/mol. The Balaban J connectivity index is 1.58. The summed E-state index contributed by atoms with van der Waals surface area (Å²) in [6.45, 7) is 3.27. The van der Waals surface area contributed by atoms with Gasteiger partial charge in [0.25, 0.3) is 0 Å². The van der Waals surface area contributed by atoms with Gasteiger partial charge in [0.1, 0.15) is 0 Å². The van der Waals surface area contributed by atoms with Crippen LogP contribution < -0.4 is 0 Å². The first-order chi connectivity index (χ1) is 12.7. The first kappa shape index (κ1) is 18.8. The molecule has 0 unspecified atom stereocenters. The van der Waals surface area contributed by atoms with Gasteiger partial charge in [-0.25, -0.2) is 0 Å². The molecule has 1 aromatic heterocycles. The topological polar surface area (TPSA) is 62.7 Å². The fraction of sp³-hybridized carbons (Fsp3) is 0.650. The van der Waals surface area contributed by atoms with Gasteiger partial charge in [-0.05, 0) is 43.4 Å². The van der Waals surface area contributed by atoms with Gasteiger partial charge in [-0.1, -0.05) is 6.42 Å². The number of nitrogens with zero attached hydrogens (tertiary/aromatic N) is 3. The number of amides is 2. The summed E-state index contributed by atoms with van der Waals surface area (Å²) in [4.78, 5) is 32.8. The summed E-state index contributed by atoms with van der Waals surface area (Å²) in [5.74, 6) is 0.282. The highest BCUT2D eigenvalue weighted by Crippen LogP contribution is 2.17. The molecule has 2 fully saturated rings. The summed E-state index contributed by atoms with van der Waals surface area (Å²) in [5.41, 5.74) is 1.07. The van der Waals surface area contributed by atoms with Crippen LogP contribution in [-0.2, 0) is 20.9 Å². The van der Waals surface area contributed by atoms with Crippen molar-refractivity contribution >= 4 is 11.8 Å². The predicted octanol–water partition coefficient (Wildman–Crippen LogP) is 2.38. The average molecular weight is 359 g/mol. The Kier molecular flexibility index (Phi) is 7.00. The molecule has 3 rings (SSSR count). The Hall–Kier alpha value is -1.95. The minimum atomic E-state index is 0.0920. The van der Waals surface area contributed by atoms with E-state index in [1.165, 1.54) is 0 Å². The van der Waals surface area contributed by atoms with Gasteiger partial charge in [0.05, 0.1) is 6.10 Å². The van der Waals surface area contributed by atoms with Crippen molar-refractivity contribution in [3.63, 3.8) is 0 Å². The van der Waals surface area contributed by atoms with Crippen LogP contribution in [0.5, 0.6) is 0 Å². The smallest absolute Gasteiger partial charge is 0.224 e. The lowest BCUT2D eigenvalue weighted by atomic mass is 10.2. The Morgan fingerprint density at radius 2 is 2.08 bits per heavy atom. The standard InChI is InChI=1S/C20H29N3O3/c24-19-6-2-1-3-12-22(19)13-9-20(25)23(16-18-5-4-14-26-18)15-17-7-10-21-11-8-17/h7-8,10-11,18H,1-6,9,12-16H2/t18-/m1/s1. The summed E-state index contributed by atoms with van der Waals surface area (Å²) in [6.07, 6.45) is 9.79. The van der Waals surface area contributed by atoms with Crippen molar-refractivity contribution in [2.45, 2.75) is 57.6 Å². The van der Waals surface area contributed by atoms with Crippen molar-refractivity contribution in [1.82, 2.24) is 14.8 Å². The molecular formula is C20H29N3O3. The molecule has 2 amide bonds. The van der Waals surface area contributed by atoms with Gasteiger partial charge >= 0.3 is 0 Å². The lowest BCUT2D eigenvalue weighted by Gasteiger charge is -2.27. The Morgan fingerprint density at radius 3 is 2.85 bits per heavy atom. The molecule has 1 atom stereocenters. The van der Waals surface area contributed by atoms with Crippen LogP contribution >= 0.6 is 0 Å². The van der Waals surface area contributed by atoms with Crippen molar-refractivity contribution in [3.05, 3.63) is 30.1 Å². The van der Waals surface area contributed by atoms with E-state index in [1.54, 1.807) is 12.4 Å². The van der Waals surface area contributed by atoms with E-state index >= 15 is 0 Å². The zero-order valence-electron chi connectivity index (χ0n) is 15.4. The minimum absolute atomic E-state index is 0.0920. The molecule has 0 bridgehead atoms. The summed E-state index contributed by atoms with van der Waals surface area (Å²) >= 11 is 0. The van der Waals surface area contributed by atoms with Gasteiger partial charge in [0.2, 0.25) is 11.8 Å². The van der Waals surface area contributed by atoms with Gasteiger partial charge < -0.3 is 14.5 Å². The summed E-state index contributed by atoms with van der Waals surface area (Å²) in [5, 5.41) is 0. The van der Waals surface area contributed by atoms with Crippen molar-refractivity contribution in [2.24, 2.45) is 0 Å². The molecule has 3 heterocycles. The van der Waals surface area contributed by atoms with E-state index in [0.717, 1.165) is 50.8 Å². The quantitative estimate of drug-likeness (QED) is 0.750. The molecular weight excluding hydrogens is 330 g/mol. The third kappa shape index (κ3) is 5.53. The molecule has 0 aliphatic carbocycles. The van der Waals surface area contributed by atoms with E-state index < -0.39 is 0 Å². The second-order valence-corrected chi connectivity index (χ2v) is 7.21. The molecule has 26 heavy (non-hydrogen) atoms. The minimum Gasteiger partial charge on any atom is -0.376 e. The second kappa shape index (κ2) is 9.67. The van der Waals surface area contributed by atoms with Crippen molar-refractivity contribution in [1.29, 1.82) is 0 Å². The lowest BCUT2D eigenvalue weighted by molar-refractivity contribution is -0.135. The van der Waals surface area contributed by atoms with Gasteiger partial charge in [0, 0.05) is 58.0 Å². The van der Waals surface area contributed by atoms with Gasteiger partial charge in [-0.3, -0.25) is 14.6 Å². The number of hydrogen-bond donors (Lipinski definition) is 0. The molecule has 0 spiro atoms. The number of rotatable bonds is 7. The first-order valence-corrected chi connectivity index (χ1v) is 9.78. The molecule has 2 aliphatic rings. The van der Waals surface area contributed by atoms with Gasteiger partial charge in [0.15, 0.2) is 0 Å². The molecule has 1 aromatic rings. The van der Waals surface area contributed by atoms with Crippen molar-refractivity contribution in [3.8, 4) is 0 Å². The van der Waals surface area contributed by atoms with E-state index in [1.807, 2.05) is 21.9 Å². The molecule has 0 radical (unpaired) electrons. The fourth-order valence-corrected chi connectivity index (χ4v) is 3.66. The fourth-order valence-electron chi connectivity index (χ4n) is 3.66. The lowest BCUT2D eigenvalue weighted by Crippen LogP contribution is -2.40. The Labute approximate surface area is 155 Å². The Bertz CT molecular complexity index is 587. The Morgan fingerprint density at radius 1 is 1.23 bits per heavy atom. The highest BCUT2D eigenvalue weighted by Gasteiger charge is 2.24. The third-order valence-corrected chi connectivity index (χ3v) is 5.19. The number of ether oxygens (including phenoxy) is 1. The van der Waals surface area contributed by atoms with Crippen LogP contribution in [0.3, 0.4) is 0 Å². The highest BCUT2D eigenvalue weighted by molar-refractivity contribution is 5.79. The SMILES string of the molecule is O=C1CCCCCN1CCC(=O)N(Cc1ccncc1)C[C@H]1CCCO1. The largest absolute Gasteiger partial charge is 0.376 e.